The lowest BCUT2D eigenvalue weighted by atomic mass is 10.1. The molecule has 0 spiro atoms. The first kappa shape index (κ1) is 21.2. The fourth-order valence-electron chi connectivity index (χ4n) is 3.44. The molecule has 2 aromatic carbocycles. The molecule has 0 radical (unpaired) electrons. The van der Waals surface area contributed by atoms with Crippen LogP contribution in [0.25, 0.3) is 22.5 Å². The Morgan fingerprint density at radius 2 is 1.91 bits per heavy atom. The highest BCUT2D eigenvalue weighted by atomic mass is 16.5. The second-order valence-corrected chi connectivity index (χ2v) is 7.46. The van der Waals surface area contributed by atoms with Gasteiger partial charge in [-0.2, -0.15) is 10.4 Å². The van der Waals surface area contributed by atoms with E-state index in [2.05, 4.69) is 16.2 Å². The van der Waals surface area contributed by atoms with Gasteiger partial charge in [-0.25, -0.2) is 4.68 Å². The van der Waals surface area contributed by atoms with Crippen molar-refractivity contribution in [2.24, 2.45) is 12.8 Å². The number of benzene rings is 2. The summed E-state index contributed by atoms with van der Waals surface area (Å²) in [6, 6.07) is 20.8. The van der Waals surface area contributed by atoms with Crippen LogP contribution >= 0.6 is 0 Å². The summed E-state index contributed by atoms with van der Waals surface area (Å²) >= 11 is 0. The van der Waals surface area contributed by atoms with Gasteiger partial charge in [-0.3, -0.25) is 4.98 Å². The SMILES string of the molecule is Cc1ccccc1-c1cc(Oc2cc(C#N)ccc2-c2ccc(C(O)CN)cn2)n(C)n1. The lowest BCUT2D eigenvalue weighted by Gasteiger charge is -2.12. The van der Waals surface area contributed by atoms with Crippen LogP contribution in [-0.2, 0) is 7.05 Å². The van der Waals surface area contributed by atoms with Gasteiger partial charge < -0.3 is 15.6 Å². The van der Waals surface area contributed by atoms with Crippen molar-refractivity contribution in [2.45, 2.75) is 13.0 Å². The van der Waals surface area contributed by atoms with Crippen LogP contribution < -0.4 is 10.5 Å². The third-order valence-corrected chi connectivity index (χ3v) is 5.25. The van der Waals surface area contributed by atoms with Crippen molar-refractivity contribution < 1.29 is 9.84 Å². The molecule has 4 rings (SSSR count). The molecule has 160 valence electrons. The molecule has 0 aliphatic carbocycles. The number of aliphatic hydroxyl groups excluding tert-OH is 1. The zero-order valence-corrected chi connectivity index (χ0v) is 17.9. The maximum absolute atomic E-state index is 9.92. The Hall–Kier alpha value is -3.99. The fourth-order valence-corrected chi connectivity index (χ4v) is 3.44. The summed E-state index contributed by atoms with van der Waals surface area (Å²) < 4.78 is 7.88. The van der Waals surface area contributed by atoms with E-state index in [1.807, 2.05) is 44.3 Å². The van der Waals surface area contributed by atoms with Gasteiger partial charge in [0.25, 0.3) is 0 Å². The van der Waals surface area contributed by atoms with E-state index >= 15 is 0 Å². The summed E-state index contributed by atoms with van der Waals surface area (Å²) in [4.78, 5) is 4.46. The van der Waals surface area contributed by atoms with Crippen molar-refractivity contribution in [3.63, 3.8) is 0 Å². The lowest BCUT2D eigenvalue weighted by Crippen LogP contribution is -2.11. The molecule has 0 amide bonds. The van der Waals surface area contributed by atoms with Crippen LogP contribution in [0.2, 0.25) is 0 Å². The number of rotatable bonds is 6. The van der Waals surface area contributed by atoms with Crippen LogP contribution in [0.15, 0.2) is 66.9 Å². The third-order valence-electron chi connectivity index (χ3n) is 5.25. The predicted molar refractivity (Wildman–Crippen MR) is 122 cm³/mol. The number of hydrogen-bond acceptors (Lipinski definition) is 6. The van der Waals surface area contributed by atoms with Gasteiger partial charge >= 0.3 is 0 Å². The number of nitriles is 1. The van der Waals surface area contributed by atoms with E-state index < -0.39 is 6.10 Å². The predicted octanol–water partition coefficient (Wildman–Crippen LogP) is 4.11. The number of ether oxygens (including phenoxy) is 1. The molecular weight excluding hydrogens is 402 g/mol. The molecule has 3 N–H and O–H groups in total. The molecule has 2 aromatic heterocycles. The average molecular weight is 425 g/mol. The normalized spacial score (nSPS) is 11.7. The van der Waals surface area contributed by atoms with Gasteiger partial charge in [0.15, 0.2) is 0 Å². The van der Waals surface area contributed by atoms with Crippen LogP contribution in [0.4, 0.5) is 0 Å². The van der Waals surface area contributed by atoms with Crippen LogP contribution in [0.5, 0.6) is 11.6 Å². The Labute approximate surface area is 186 Å². The molecule has 0 saturated carbocycles. The molecule has 1 unspecified atom stereocenters. The molecule has 2 heterocycles. The first-order valence-corrected chi connectivity index (χ1v) is 10.2. The van der Waals surface area contributed by atoms with Crippen molar-refractivity contribution in [3.05, 3.63) is 83.6 Å². The Morgan fingerprint density at radius 1 is 1.09 bits per heavy atom. The monoisotopic (exact) mass is 425 g/mol. The molecule has 1 atom stereocenters. The van der Waals surface area contributed by atoms with Crippen molar-refractivity contribution in [3.8, 4) is 40.2 Å². The van der Waals surface area contributed by atoms with Crippen LogP contribution in [-0.4, -0.2) is 26.4 Å². The standard InChI is InChI=1S/C25H23N5O2/c1-16-5-3-4-6-19(16)22-12-25(30(2)29-22)32-24-11-17(13-26)7-9-20(24)21-10-8-18(15-28-21)23(31)14-27/h3-12,15,23,31H,14,27H2,1-2H3. The van der Waals surface area contributed by atoms with Crippen molar-refractivity contribution >= 4 is 0 Å². The summed E-state index contributed by atoms with van der Waals surface area (Å²) in [6.07, 6.45) is 0.831. The molecule has 7 nitrogen and oxygen atoms in total. The van der Waals surface area contributed by atoms with Crippen LogP contribution in [0, 0.1) is 18.3 Å². The van der Waals surface area contributed by atoms with E-state index in [4.69, 9.17) is 10.5 Å². The van der Waals surface area contributed by atoms with E-state index in [1.165, 1.54) is 0 Å². The Morgan fingerprint density at radius 3 is 2.59 bits per heavy atom. The smallest absolute Gasteiger partial charge is 0.218 e. The number of aliphatic hydroxyl groups is 1. The highest BCUT2D eigenvalue weighted by Crippen LogP contribution is 2.35. The number of nitrogens with two attached hydrogens (primary N) is 1. The first-order valence-electron chi connectivity index (χ1n) is 10.2. The minimum Gasteiger partial charge on any atom is -0.439 e. The van der Waals surface area contributed by atoms with Crippen molar-refractivity contribution in [1.29, 1.82) is 5.26 Å². The number of nitrogens with zero attached hydrogens (tertiary/aromatic N) is 4. The first-order chi connectivity index (χ1) is 15.5. The van der Waals surface area contributed by atoms with E-state index in [9.17, 15) is 10.4 Å². The molecule has 32 heavy (non-hydrogen) atoms. The van der Waals surface area contributed by atoms with Gasteiger partial charge in [-0.05, 0) is 36.8 Å². The highest BCUT2D eigenvalue weighted by molar-refractivity contribution is 5.70. The summed E-state index contributed by atoms with van der Waals surface area (Å²) in [5.74, 6) is 1.03. The molecule has 7 heteroatoms. The van der Waals surface area contributed by atoms with E-state index in [0.717, 1.165) is 22.4 Å². The number of aromatic nitrogens is 3. The Bertz CT molecular complexity index is 1290. The molecular formula is C25H23N5O2. The Kier molecular flexibility index (Phi) is 5.99. The largest absolute Gasteiger partial charge is 0.439 e. The number of pyridine rings is 1. The number of aryl methyl sites for hydroxylation is 2. The van der Waals surface area contributed by atoms with Gasteiger partial charge in [-0.1, -0.05) is 30.3 Å². The van der Waals surface area contributed by atoms with E-state index in [1.54, 1.807) is 41.2 Å². The summed E-state index contributed by atoms with van der Waals surface area (Å²) in [5, 5.41) is 23.9. The Balaban J connectivity index is 1.72. The zero-order chi connectivity index (χ0) is 22.7. The molecule has 4 aromatic rings. The minimum absolute atomic E-state index is 0.121. The van der Waals surface area contributed by atoms with Gasteiger partial charge in [0.05, 0.1) is 29.1 Å². The van der Waals surface area contributed by atoms with Gasteiger partial charge in [0.2, 0.25) is 5.88 Å². The highest BCUT2D eigenvalue weighted by Gasteiger charge is 2.15. The van der Waals surface area contributed by atoms with Gasteiger partial charge in [-0.15, -0.1) is 0 Å². The van der Waals surface area contributed by atoms with E-state index in [-0.39, 0.29) is 6.54 Å². The number of hydrogen-bond donors (Lipinski definition) is 2. The molecule has 0 aliphatic rings. The topological polar surface area (TPSA) is 110 Å². The summed E-state index contributed by atoms with van der Waals surface area (Å²) in [7, 11) is 1.81. The fraction of sp³-hybridized carbons (Fsp3) is 0.160. The average Bonchev–Trinajstić information content (AvgIpc) is 3.18. The van der Waals surface area contributed by atoms with Crippen molar-refractivity contribution in [2.75, 3.05) is 6.54 Å². The quantitative estimate of drug-likeness (QED) is 0.481. The molecule has 0 saturated heterocycles. The zero-order valence-electron chi connectivity index (χ0n) is 17.9. The third kappa shape index (κ3) is 4.23. The van der Waals surface area contributed by atoms with Gasteiger partial charge in [0.1, 0.15) is 5.75 Å². The molecule has 0 fully saturated rings. The summed E-state index contributed by atoms with van der Waals surface area (Å²) in [6.45, 7) is 2.16. The van der Waals surface area contributed by atoms with Crippen molar-refractivity contribution in [1.82, 2.24) is 14.8 Å². The molecule has 0 aliphatic heterocycles. The maximum atomic E-state index is 9.92. The van der Waals surface area contributed by atoms with E-state index in [0.29, 0.717) is 28.5 Å². The minimum atomic E-state index is -0.762. The summed E-state index contributed by atoms with van der Waals surface area (Å²) in [5.41, 5.74) is 11.0. The molecule has 0 bridgehead atoms. The van der Waals surface area contributed by atoms with Crippen LogP contribution in [0.3, 0.4) is 0 Å². The maximum Gasteiger partial charge on any atom is 0.218 e. The second-order valence-electron chi connectivity index (χ2n) is 7.46. The van der Waals surface area contributed by atoms with Gasteiger partial charge in [0, 0.05) is 42.5 Å². The lowest BCUT2D eigenvalue weighted by molar-refractivity contribution is 0.186. The second kappa shape index (κ2) is 9.02. The van der Waals surface area contributed by atoms with Crippen LogP contribution in [0.1, 0.15) is 22.8 Å².